The number of unbranched alkanes of at least 4 members (excludes halogenated alkanes) is 47. The number of aliphatic hydroxyl groups is 1. The van der Waals surface area contributed by atoms with E-state index < -0.39 is 20.0 Å². The minimum Gasteiger partial charge on any atom is -0.756 e. The van der Waals surface area contributed by atoms with Gasteiger partial charge in [0.25, 0.3) is 7.82 Å². The van der Waals surface area contributed by atoms with Crippen molar-refractivity contribution >= 4 is 13.7 Å². The minimum absolute atomic E-state index is 0.000364. The first-order chi connectivity index (χ1) is 42.5. The highest BCUT2D eigenvalue weighted by Gasteiger charge is 2.23. The first kappa shape index (κ1) is 84.9. The highest BCUT2D eigenvalue weighted by atomic mass is 31.2. The Balaban J connectivity index is 3.99. The number of quaternary nitrogens is 1. The number of nitrogens with one attached hydrogen (secondary N) is 1. The SMILES string of the molecule is CC/C=C\C/C=C\C/C=C\C/C=C\C/C=C\CCCCCCCCCCCCCCCCCCCCCCCC(=O)NC(COP(=O)([O-])OCC[N+](C)(C)C)C(O)/C=C/CCCCCCCCCCCCCCCCCCCCCCCCCCCC. The molecule has 0 saturated heterocycles. The second kappa shape index (κ2) is 68.3. The minimum atomic E-state index is -4.61. The molecule has 0 heterocycles. The van der Waals surface area contributed by atoms with Gasteiger partial charge < -0.3 is 28.8 Å². The maximum absolute atomic E-state index is 13.1. The third kappa shape index (κ3) is 71.2. The van der Waals surface area contributed by atoms with Crippen LogP contribution in [0, 0.1) is 0 Å². The molecule has 0 saturated carbocycles. The predicted octanol–water partition coefficient (Wildman–Crippen LogP) is 23.9. The van der Waals surface area contributed by atoms with Crippen molar-refractivity contribution in [2.75, 3.05) is 40.9 Å². The van der Waals surface area contributed by atoms with Crippen LogP contribution in [0.2, 0.25) is 0 Å². The van der Waals surface area contributed by atoms with E-state index >= 15 is 0 Å². The van der Waals surface area contributed by atoms with Crippen LogP contribution in [0.1, 0.15) is 367 Å². The topological polar surface area (TPSA) is 108 Å². The summed E-state index contributed by atoms with van der Waals surface area (Å²) in [5.74, 6) is -0.191. The largest absolute Gasteiger partial charge is 0.756 e. The average molecular weight is 1240 g/mol. The zero-order chi connectivity index (χ0) is 63.4. The summed E-state index contributed by atoms with van der Waals surface area (Å²) in [6.07, 6.45) is 96.2. The number of nitrogens with zero attached hydrogens (tertiary/aromatic N) is 1. The highest BCUT2D eigenvalue weighted by molar-refractivity contribution is 7.45. The molecule has 0 aromatic heterocycles. The molecule has 0 aliphatic heterocycles. The van der Waals surface area contributed by atoms with E-state index in [4.69, 9.17) is 9.05 Å². The Morgan fingerprint density at radius 1 is 0.414 bits per heavy atom. The van der Waals surface area contributed by atoms with Crippen molar-refractivity contribution in [2.24, 2.45) is 0 Å². The Bertz CT molecular complexity index is 1650. The zero-order valence-corrected chi connectivity index (χ0v) is 59.4. The molecular formula is C78H147N2O6P. The van der Waals surface area contributed by atoms with Crippen molar-refractivity contribution in [2.45, 2.75) is 379 Å². The smallest absolute Gasteiger partial charge is 0.268 e. The molecule has 87 heavy (non-hydrogen) atoms. The molecule has 3 unspecified atom stereocenters. The second-order valence-corrected chi connectivity index (χ2v) is 28.4. The number of allylic oxidation sites excluding steroid dienone is 11. The number of aliphatic hydroxyl groups excluding tert-OH is 1. The number of phosphoric ester groups is 1. The van der Waals surface area contributed by atoms with Crippen molar-refractivity contribution in [3.8, 4) is 0 Å². The van der Waals surface area contributed by atoms with Gasteiger partial charge in [-0.2, -0.15) is 0 Å². The number of phosphoric acid groups is 1. The van der Waals surface area contributed by atoms with E-state index in [2.05, 4.69) is 79.9 Å². The Hall–Kier alpha value is -2.06. The second-order valence-electron chi connectivity index (χ2n) is 27.0. The van der Waals surface area contributed by atoms with Crippen LogP contribution in [0.25, 0.3) is 0 Å². The third-order valence-electron chi connectivity index (χ3n) is 17.2. The van der Waals surface area contributed by atoms with E-state index in [0.29, 0.717) is 17.4 Å². The lowest BCUT2D eigenvalue weighted by molar-refractivity contribution is -0.870. The molecular weight excluding hydrogens is 1090 g/mol. The molecule has 0 spiro atoms. The van der Waals surface area contributed by atoms with Gasteiger partial charge in [-0.3, -0.25) is 9.36 Å². The molecule has 8 nitrogen and oxygen atoms in total. The monoisotopic (exact) mass is 1240 g/mol. The molecule has 0 aromatic carbocycles. The molecule has 0 fully saturated rings. The number of likely N-dealkylation sites (N-methyl/N-ethyl adjacent to an activating group) is 1. The van der Waals surface area contributed by atoms with Crippen LogP contribution in [-0.4, -0.2) is 68.5 Å². The maximum atomic E-state index is 13.1. The van der Waals surface area contributed by atoms with Crippen LogP contribution in [0.4, 0.5) is 0 Å². The normalized spacial score (nSPS) is 14.0. The number of rotatable bonds is 70. The quantitative estimate of drug-likeness (QED) is 0.0272. The Morgan fingerprint density at radius 2 is 0.701 bits per heavy atom. The van der Waals surface area contributed by atoms with Crippen LogP contribution in [0.15, 0.2) is 72.9 Å². The summed E-state index contributed by atoms with van der Waals surface area (Å²) < 4.78 is 23.5. The third-order valence-corrected chi connectivity index (χ3v) is 18.1. The number of carbonyl (C=O) groups excluding carboxylic acids is 1. The molecule has 0 radical (unpaired) electrons. The molecule has 9 heteroatoms. The number of hydrogen-bond donors (Lipinski definition) is 2. The Kier molecular flexibility index (Phi) is 66.7. The van der Waals surface area contributed by atoms with Gasteiger partial charge >= 0.3 is 0 Å². The summed E-state index contributed by atoms with van der Waals surface area (Å²) >= 11 is 0. The number of amides is 1. The first-order valence-corrected chi connectivity index (χ1v) is 39.3. The van der Waals surface area contributed by atoms with Gasteiger partial charge in [0.05, 0.1) is 39.9 Å². The summed E-state index contributed by atoms with van der Waals surface area (Å²) in [7, 11) is 1.28. The fourth-order valence-corrected chi connectivity index (χ4v) is 12.1. The number of hydrogen-bond acceptors (Lipinski definition) is 6. The lowest BCUT2D eigenvalue weighted by atomic mass is 10.0. The van der Waals surface area contributed by atoms with E-state index in [1.807, 2.05) is 27.2 Å². The maximum Gasteiger partial charge on any atom is 0.268 e. The molecule has 2 N–H and O–H groups in total. The standard InChI is InChI=1S/C78H147N2O6P/c1-6-8-10-12-14-16-18-20-22-24-26-28-30-32-34-36-37-38-39-40-41-42-43-44-46-48-50-52-54-56-58-60-62-64-66-68-70-72-78(82)79-76(75-86-87(83,84)85-74-73-80(3,4)5)77(81)71-69-67-65-63-61-59-57-55-53-51-49-47-45-35-33-31-29-27-25-23-21-19-17-15-13-11-9-7-2/h8,10,14,16,20,22,26,28,32,34,69,71,76-77,81H,6-7,9,11-13,15,17-19,21,23-25,27,29-31,33,35-68,70,72-75H2,1-5H3,(H-,79,82,83,84)/b10-8-,16-14-,22-20-,28-26-,34-32-,71-69+. The van der Waals surface area contributed by atoms with Crippen molar-refractivity contribution in [1.29, 1.82) is 0 Å². The van der Waals surface area contributed by atoms with Gasteiger partial charge in [0.15, 0.2) is 0 Å². The van der Waals surface area contributed by atoms with Gasteiger partial charge in [-0.1, -0.05) is 369 Å². The lowest BCUT2D eigenvalue weighted by Crippen LogP contribution is -2.45. The zero-order valence-electron chi connectivity index (χ0n) is 58.5. The van der Waals surface area contributed by atoms with E-state index in [0.717, 1.165) is 70.6 Å². The summed E-state index contributed by atoms with van der Waals surface area (Å²) in [4.78, 5) is 25.7. The summed E-state index contributed by atoms with van der Waals surface area (Å²) in [5.41, 5.74) is 0. The van der Waals surface area contributed by atoms with Gasteiger partial charge in [-0.05, 0) is 64.2 Å². The van der Waals surface area contributed by atoms with Crippen molar-refractivity contribution in [3.63, 3.8) is 0 Å². The lowest BCUT2D eigenvalue weighted by Gasteiger charge is -2.29. The molecule has 0 rings (SSSR count). The van der Waals surface area contributed by atoms with E-state index in [1.165, 1.54) is 276 Å². The van der Waals surface area contributed by atoms with Crippen LogP contribution in [0.5, 0.6) is 0 Å². The molecule has 0 aliphatic carbocycles. The van der Waals surface area contributed by atoms with E-state index in [-0.39, 0.29) is 19.1 Å². The van der Waals surface area contributed by atoms with Gasteiger partial charge in [0.1, 0.15) is 13.2 Å². The van der Waals surface area contributed by atoms with Crippen LogP contribution in [-0.2, 0) is 18.4 Å². The summed E-state index contributed by atoms with van der Waals surface area (Å²) in [5, 5.41) is 14.0. The van der Waals surface area contributed by atoms with Crippen LogP contribution >= 0.6 is 7.82 Å². The van der Waals surface area contributed by atoms with Gasteiger partial charge in [-0.25, -0.2) is 0 Å². The molecule has 3 atom stereocenters. The van der Waals surface area contributed by atoms with E-state index in [9.17, 15) is 19.4 Å². The predicted molar refractivity (Wildman–Crippen MR) is 380 cm³/mol. The van der Waals surface area contributed by atoms with Gasteiger partial charge in [0.2, 0.25) is 5.91 Å². The molecule has 0 bridgehead atoms. The Labute approximate surface area is 542 Å². The van der Waals surface area contributed by atoms with Crippen molar-refractivity contribution in [3.05, 3.63) is 72.9 Å². The van der Waals surface area contributed by atoms with Crippen LogP contribution < -0.4 is 10.2 Å². The molecule has 1 amide bonds. The molecule has 510 valence electrons. The molecule has 0 aliphatic rings. The van der Waals surface area contributed by atoms with Crippen molar-refractivity contribution < 1.29 is 32.9 Å². The average Bonchev–Trinajstić information content (AvgIpc) is 3.70. The van der Waals surface area contributed by atoms with Crippen LogP contribution in [0.3, 0.4) is 0 Å². The van der Waals surface area contributed by atoms with Gasteiger partial charge in [0, 0.05) is 6.42 Å². The van der Waals surface area contributed by atoms with E-state index in [1.54, 1.807) is 6.08 Å². The van der Waals surface area contributed by atoms with Crippen molar-refractivity contribution in [1.82, 2.24) is 5.32 Å². The highest BCUT2D eigenvalue weighted by Crippen LogP contribution is 2.38. The Morgan fingerprint density at radius 3 is 1.02 bits per heavy atom. The fraction of sp³-hybridized carbons (Fsp3) is 0.833. The fourth-order valence-electron chi connectivity index (χ4n) is 11.4. The first-order valence-electron chi connectivity index (χ1n) is 37.8. The molecule has 0 aromatic rings. The number of carbonyl (C=O) groups is 1. The summed E-state index contributed by atoms with van der Waals surface area (Å²) in [6.45, 7) is 4.59. The van der Waals surface area contributed by atoms with Gasteiger partial charge in [-0.15, -0.1) is 0 Å². The summed E-state index contributed by atoms with van der Waals surface area (Å²) in [6, 6.07) is -0.889.